The summed E-state index contributed by atoms with van der Waals surface area (Å²) in [5, 5.41) is 2.30. The number of carbonyl (C=O) groups excluding carboxylic acids is 3. The number of urea groups is 1. The predicted octanol–water partition coefficient (Wildman–Crippen LogP) is 4.69. The van der Waals surface area contributed by atoms with E-state index >= 15 is 0 Å². The number of carbonyl (C=O) groups is 3. The Hall–Kier alpha value is -3.93. The van der Waals surface area contributed by atoms with E-state index in [2.05, 4.69) is 9.88 Å². The monoisotopic (exact) mass is 427 g/mol. The largest absolute Gasteiger partial charge is 0.335 e. The van der Waals surface area contributed by atoms with E-state index in [1.165, 1.54) is 0 Å². The number of para-hydroxylation sites is 1. The van der Waals surface area contributed by atoms with E-state index in [4.69, 9.17) is 0 Å². The van der Waals surface area contributed by atoms with Gasteiger partial charge in [0.05, 0.1) is 5.69 Å². The topological polar surface area (TPSA) is 71.4 Å². The van der Waals surface area contributed by atoms with Crippen molar-refractivity contribution in [2.24, 2.45) is 0 Å². The van der Waals surface area contributed by atoms with Crippen LogP contribution in [0.2, 0.25) is 0 Å². The Labute approximate surface area is 187 Å². The molecular formula is C26H25N3O3. The minimum absolute atomic E-state index is 0.0752. The number of hydrogen-bond donors (Lipinski definition) is 1. The van der Waals surface area contributed by atoms with Gasteiger partial charge in [0.2, 0.25) is 0 Å². The van der Waals surface area contributed by atoms with Gasteiger partial charge in [-0.2, -0.15) is 0 Å². The number of amides is 4. The minimum Gasteiger partial charge on any atom is -0.318 e. The zero-order valence-electron chi connectivity index (χ0n) is 18.8. The van der Waals surface area contributed by atoms with E-state index in [1.807, 2.05) is 71.0 Å². The summed E-state index contributed by atoms with van der Waals surface area (Å²) in [5.74, 6) is -1.33. The average molecular weight is 428 g/mol. The average Bonchev–Trinajstić information content (AvgIpc) is 2.98. The first-order valence-electron chi connectivity index (χ1n) is 10.4. The second-order valence-corrected chi connectivity index (χ2v) is 8.25. The Balaban J connectivity index is 1.79. The second kappa shape index (κ2) is 7.96. The number of nitrogens with one attached hydrogen (secondary N) is 1. The molecule has 6 nitrogen and oxygen atoms in total. The molecule has 0 spiro atoms. The van der Waals surface area contributed by atoms with Gasteiger partial charge in [-0.25, -0.2) is 9.69 Å². The molecule has 4 amide bonds. The Bertz CT molecular complexity index is 1290. The fourth-order valence-corrected chi connectivity index (χ4v) is 4.25. The number of aromatic nitrogens is 1. The van der Waals surface area contributed by atoms with Crippen LogP contribution in [0.15, 0.2) is 54.1 Å². The zero-order valence-corrected chi connectivity index (χ0v) is 18.8. The van der Waals surface area contributed by atoms with Crippen LogP contribution in [0, 0.1) is 34.6 Å². The van der Waals surface area contributed by atoms with Gasteiger partial charge < -0.3 is 4.57 Å². The van der Waals surface area contributed by atoms with Crippen molar-refractivity contribution in [2.45, 2.75) is 34.6 Å². The molecule has 1 saturated heterocycles. The van der Waals surface area contributed by atoms with Crippen molar-refractivity contribution in [3.8, 4) is 5.69 Å². The van der Waals surface area contributed by atoms with Crippen molar-refractivity contribution >= 4 is 29.6 Å². The molecule has 0 atom stereocenters. The summed E-state index contributed by atoms with van der Waals surface area (Å²) in [6, 6.07) is 14.7. The van der Waals surface area contributed by atoms with Crippen molar-refractivity contribution in [3.63, 3.8) is 0 Å². The normalized spacial score (nSPS) is 15.5. The lowest BCUT2D eigenvalue weighted by molar-refractivity contribution is -0.122. The number of hydrogen-bond acceptors (Lipinski definition) is 3. The third-order valence-electron chi connectivity index (χ3n) is 5.69. The molecule has 0 bridgehead atoms. The fourth-order valence-electron chi connectivity index (χ4n) is 4.25. The lowest BCUT2D eigenvalue weighted by atomic mass is 10.1. The molecule has 1 fully saturated rings. The molecule has 1 aromatic heterocycles. The van der Waals surface area contributed by atoms with Crippen molar-refractivity contribution in [3.05, 3.63) is 87.7 Å². The lowest BCUT2D eigenvalue weighted by Crippen LogP contribution is -2.54. The van der Waals surface area contributed by atoms with E-state index in [0.29, 0.717) is 5.69 Å². The summed E-state index contributed by atoms with van der Waals surface area (Å²) in [5.41, 5.74) is 7.00. The Morgan fingerprint density at radius 3 is 2.16 bits per heavy atom. The van der Waals surface area contributed by atoms with Gasteiger partial charge in [0.1, 0.15) is 5.57 Å². The number of nitrogens with zero attached hydrogens (tertiary/aromatic N) is 2. The highest BCUT2D eigenvalue weighted by molar-refractivity contribution is 6.39. The molecule has 2 heterocycles. The molecule has 32 heavy (non-hydrogen) atoms. The zero-order chi connectivity index (χ0) is 23.2. The first-order valence-corrected chi connectivity index (χ1v) is 10.4. The van der Waals surface area contributed by atoms with Crippen LogP contribution < -0.4 is 10.2 Å². The van der Waals surface area contributed by atoms with Crippen LogP contribution in [0.5, 0.6) is 0 Å². The van der Waals surface area contributed by atoms with Crippen molar-refractivity contribution in [1.29, 1.82) is 0 Å². The molecule has 4 rings (SSSR count). The number of anilines is 1. The number of aryl methyl sites for hydroxylation is 4. The molecule has 0 radical (unpaired) electrons. The molecule has 162 valence electrons. The minimum atomic E-state index is -0.743. The highest BCUT2D eigenvalue weighted by atomic mass is 16.2. The summed E-state index contributed by atoms with van der Waals surface area (Å²) in [6.07, 6.45) is 1.57. The van der Waals surface area contributed by atoms with Crippen LogP contribution in [-0.4, -0.2) is 22.4 Å². The Morgan fingerprint density at radius 2 is 1.50 bits per heavy atom. The van der Waals surface area contributed by atoms with Crippen molar-refractivity contribution < 1.29 is 14.4 Å². The second-order valence-electron chi connectivity index (χ2n) is 8.25. The van der Waals surface area contributed by atoms with Gasteiger partial charge in [0.15, 0.2) is 0 Å². The van der Waals surface area contributed by atoms with Crippen LogP contribution in [0.3, 0.4) is 0 Å². The van der Waals surface area contributed by atoms with Crippen LogP contribution in [0.25, 0.3) is 11.8 Å². The van der Waals surface area contributed by atoms with E-state index in [-0.39, 0.29) is 5.57 Å². The predicted molar refractivity (Wildman–Crippen MR) is 125 cm³/mol. The van der Waals surface area contributed by atoms with E-state index in [1.54, 1.807) is 18.2 Å². The maximum atomic E-state index is 13.3. The maximum absolute atomic E-state index is 13.3. The van der Waals surface area contributed by atoms with Gasteiger partial charge in [-0.05, 0) is 87.2 Å². The van der Waals surface area contributed by atoms with Gasteiger partial charge in [-0.15, -0.1) is 0 Å². The van der Waals surface area contributed by atoms with E-state index in [9.17, 15) is 14.4 Å². The number of benzene rings is 2. The van der Waals surface area contributed by atoms with Crippen LogP contribution >= 0.6 is 0 Å². The van der Waals surface area contributed by atoms with Gasteiger partial charge in [-0.1, -0.05) is 24.3 Å². The molecule has 1 aliphatic rings. The number of imide groups is 2. The number of rotatable bonds is 3. The molecule has 2 aromatic carbocycles. The van der Waals surface area contributed by atoms with Crippen molar-refractivity contribution in [1.82, 2.24) is 9.88 Å². The summed E-state index contributed by atoms with van der Waals surface area (Å²) in [4.78, 5) is 39.4. The molecule has 0 unspecified atom stereocenters. The third kappa shape index (κ3) is 3.64. The summed E-state index contributed by atoms with van der Waals surface area (Å²) in [7, 11) is 0. The summed E-state index contributed by atoms with van der Waals surface area (Å²) < 4.78 is 2.10. The van der Waals surface area contributed by atoms with Crippen LogP contribution in [0.4, 0.5) is 10.5 Å². The molecule has 3 aromatic rings. The quantitative estimate of drug-likeness (QED) is 0.487. The van der Waals surface area contributed by atoms with Gasteiger partial charge in [0, 0.05) is 17.1 Å². The molecule has 6 heteroatoms. The first-order chi connectivity index (χ1) is 15.2. The fraction of sp³-hybridized carbons (Fsp3) is 0.192. The standard InChI is InChI=1S/C26H25N3O3/c1-15-10-16(2)12-21(11-15)29-25(31)22(24(30)27-26(29)32)14-20-13-18(4)28(19(20)5)23-9-7-6-8-17(23)3/h6-14H,1-5H3,(H,27,30,32)/b22-14+. The van der Waals surface area contributed by atoms with E-state index in [0.717, 1.165) is 44.2 Å². The maximum Gasteiger partial charge on any atom is 0.335 e. The highest BCUT2D eigenvalue weighted by Crippen LogP contribution is 2.27. The molecule has 0 saturated carbocycles. The summed E-state index contributed by atoms with van der Waals surface area (Å²) in [6.45, 7) is 9.76. The SMILES string of the molecule is Cc1cc(C)cc(N2C(=O)NC(=O)/C(=C\c3cc(C)n(-c4ccccc4C)c3C)C2=O)c1. The molecule has 1 N–H and O–H groups in total. The Kier molecular flexibility index (Phi) is 5.30. The van der Waals surface area contributed by atoms with Gasteiger partial charge in [0.25, 0.3) is 11.8 Å². The van der Waals surface area contributed by atoms with E-state index < -0.39 is 17.8 Å². The van der Waals surface area contributed by atoms with Crippen molar-refractivity contribution in [2.75, 3.05) is 4.90 Å². The first kappa shape index (κ1) is 21.3. The summed E-state index contributed by atoms with van der Waals surface area (Å²) >= 11 is 0. The molecule has 0 aliphatic carbocycles. The molecule has 1 aliphatic heterocycles. The van der Waals surface area contributed by atoms with Crippen LogP contribution in [0.1, 0.15) is 33.6 Å². The smallest absolute Gasteiger partial charge is 0.318 e. The Morgan fingerprint density at radius 1 is 0.844 bits per heavy atom. The molecular weight excluding hydrogens is 402 g/mol. The van der Waals surface area contributed by atoms with Gasteiger partial charge >= 0.3 is 6.03 Å². The van der Waals surface area contributed by atoms with Gasteiger partial charge in [-0.3, -0.25) is 14.9 Å². The lowest BCUT2D eigenvalue weighted by Gasteiger charge is -2.27. The van der Waals surface area contributed by atoms with Crippen LogP contribution in [-0.2, 0) is 9.59 Å². The highest BCUT2D eigenvalue weighted by Gasteiger charge is 2.37. The number of barbiturate groups is 1. The third-order valence-corrected chi connectivity index (χ3v) is 5.69.